The monoisotopic (exact) mass is 488 g/mol. The Bertz CT molecular complexity index is 1170. The van der Waals surface area contributed by atoms with Gasteiger partial charge in [-0.25, -0.2) is 4.39 Å². The predicted octanol–water partition coefficient (Wildman–Crippen LogP) is 2.22. The van der Waals surface area contributed by atoms with E-state index < -0.39 is 23.7 Å². The lowest BCUT2D eigenvalue weighted by molar-refractivity contribution is -0.953. The fraction of sp³-hybridized carbons (Fsp3) is 0.440. The van der Waals surface area contributed by atoms with Crippen molar-refractivity contribution in [2.45, 2.75) is 24.2 Å². The summed E-state index contributed by atoms with van der Waals surface area (Å²) >= 11 is 0. The van der Waals surface area contributed by atoms with Gasteiger partial charge in [0.25, 0.3) is 11.8 Å². The molecule has 0 saturated carbocycles. The van der Waals surface area contributed by atoms with E-state index in [2.05, 4.69) is 10.6 Å². The number of nitrogens with one attached hydrogen (secondary N) is 2. The van der Waals surface area contributed by atoms with Gasteiger partial charge in [0, 0.05) is 25.6 Å². The number of ether oxygens (including phenoxy) is 4. The number of hydrogen-bond donors (Lipinski definition) is 2. The van der Waals surface area contributed by atoms with Crippen LogP contribution in [0.4, 0.5) is 10.1 Å². The Balaban J connectivity index is 2.13. The van der Waals surface area contributed by atoms with Crippen molar-refractivity contribution in [3.63, 3.8) is 0 Å². The van der Waals surface area contributed by atoms with Crippen molar-refractivity contribution < 1.29 is 37.4 Å². The van der Waals surface area contributed by atoms with Crippen LogP contribution in [0.3, 0.4) is 0 Å². The van der Waals surface area contributed by atoms with E-state index >= 15 is 4.39 Å². The molecule has 4 atom stereocenters. The summed E-state index contributed by atoms with van der Waals surface area (Å²) in [6, 6.07) is 7.67. The van der Waals surface area contributed by atoms with E-state index in [0.717, 1.165) is 0 Å². The van der Waals surface area contributed by atoms with Crippen LogP contribution in [0.1, 0.15) is 17.5 Å². The van der Waals surface area contributed by atoms with Crippen LogP contribution < -0.4 is 29.6 Å². The maximum atomic E-state index is 15.1. The Hall–Kier alpha value is -3.53. The average molecular weight is 489 g/mol. The quantitative estimate of drug-likeness (QED) is 0.581. The van der Waals surface area contributed by atoms with Gasteiger partial charge in [-0.15, -0.1) is 0 Å². The molecule has 9 nitrogen and oxygen atoms in total. The van der Waals surface area contributed by atoms with Gasteiger partial charge in [0.15, 0.2) is 23.7 Å². The number of carbonyl (C=O) groups is 2. The number of nitrogens with zero attached hydrogens (tertiary/aromatic N) is 1. The zero-order chi connectivity index (χ0) is 25.5. The van der Waals surface area contributed by atoms with Crippen molar-refractivity contribution in [2.75, 3.05) is 54.4 Å². The molecule has 0 aromatic heterocycles. The summed E-state index contributed by atoms with van der Waals surface area (Å²) in [5.74, 6) is 0.984. The van der Waals surface area contributed by atoms with E-state index in [4.69, 9.17) is 18.9 Å². The van der Waals surface area contributed by atoms with Crippen LogP contribution in [-0.2, 0) is 15.1 Å². The standard InChI is InChI=1S/C25H30FN3O6/c1-27-23(30)19-9-14(26)13-29(19,2)25(16-8-7-15(32-3)10-20(16)33-4)17-11-21(34-5)22(35-6)12-18(17)28-24(25)31/h7-8,10-12,14,19H,9,13H2,1-6H3,(H-,27,28,30,31)/p+1/t14-,19+,25?,29?/m1/s1. The molecular formula is C25H31FN3O6+. The Labute approximate surface area is 203 Å². The van der Waals surface area contributed by atoms with Gasteiger partial charge in [0.2, 0.25) is 5.54 Å². The fourth-order valence-corrected chi connectivity index (χ4v) is 5.76. The van der Waals surface area contributed by atoms with Gasteiger partial charge in [0.05, 0.1) is 52.3 Å². The lowest BCUT2D eigenvalue weighted by Gasteiger charge is -2.48. The van der Waals surface area contributed by atoms with Crippen LogP contribution in [-0.4, -0.2) is 77.6 Å². The largest absolute Gasteiger partial charge is 0.497 e. The normalized spacial score (nSPS) is 27.1. The summed E-state index contributed by atoms with van der Waals surface area (Å²) in [7, 11) is 9.28. The number of likely N-dealkylation sites (N-methyl/N-ethyl adjacent to an activating group) is 2. The molecule has 1 fully saturated rings. The van der Waals surface area contributed by atoms with Gasteiger partial charge >= 0.3 is 0 Å². The number of fused-ring (bicyclic) bond motifs is 1. The molecule has 4 rings (SSSR count). The molecule has 188 valence electrons. The molecule has 0 aliphatic carbocycles. The highest BCUT2D eigenvalue weighted by atomic mass is 19.1. The minimum atomic E-state index is -1.54. The SMILES string of the molecule is CNC(=O)[C@@H]1C[C@@H](F)C[N+]1(C)C1(c2ccc(OC)cc2OC)C(=O)Nc2cc(OC)c(OC)cc21. The summed E-state index contributed by atoms with van der Waals surface area (Å²) in [5, 5.41) is 5.61. The maximum absolute atomic E-state index is 15.1. The zero-order valence-corrected chi connectivity index (χ0v) is 20.7. The highest BCUT2D eigenvalue weighted by molar-refractivity contribution is 6.08. The summed E-state index contributed by atoms with van der Waals surface area (Å²) in [4.78, 5) is 27.3. The first kappa shape index (κ1) is 24.6. The predicted molar refractivity (Wildman–Crippen MR) is 127 cm³/mol. The Morgan fingerprint density at radius 1 is 1.03 bits per heavy atom. The first-order valence-corrected chi connectivity index (χ1v) is 11.2. The molecule has 2 unspecified atom stereocenters. The average Bonchev–Trinajstić information content (AvgIpc) is 3.34. The Morgan fingerprint density at radius 2 is 1.69 bits per heavy atom. The Kier molecular flexibility index (Phi) is 6.27. The van der Waals surface area contributed by atoms with Gasteiger partial charge < -0.3 is 29.6 Å². The number of benzene rings is 2. The van der Waals surface area contributed by atoms with Crippen molar-refractivity contribution in [1.29, 1.82) is 0 Å². The highest BCUT2D eigenvalue weighted by Gasteiger charge is 2.69. The molecule has 2 aromatic carbocycles. The van der Waals surface area contributed by atoms with E-state index in [0.29, 0.717) is 39.8 Å². The molecule has 0 bridgehead atoms. The molecule has 2 heterocycles. The maximum Gasteiger partial charge on any atom is 0.295 e. The summed E-state index contributed by atoms with van der Waals surface area (Å²) in [6.07, 6.45) is -1.31. The van der Waals surface area contributed by atoms with Crippen LogP contribution in [0.15, 0.2) is 30.3 Å². The van der Waals surface area contributed by atoms with E-state index in [-0.39, 0.29) is 23.4 Å². The fourth-order valence-electron chi connectivity index (χ4n) is 5.76. The van der Waals surface area contributed by atoms with Gasteiger partial charge in [-0.05, 0) is 18.2 Å². The third-order valence-corrected chi connectivity index (χ3v) is 7.35. The van der Waals surface area contributed by atoms with Gasteiger partial charge in [-0.3, -0.25) is 14.1 Å². The number of anilines is 1. The molecule has 2 amide bonds. The second-order valence-electron chi connectivity index (χ2n) is 8.90. The summed E-state index contributed by atoms with van der Waals surface area (Å²) < 4.78 is 37.0. The number of hydrogen-bond acceptors (Lipinski definition) is 6. The second-order valence-corrected chi connectivity index (χ2v) is 8.90. The third kappa shape index (κ3) is 3.38. The van der Waals surface area contributed by atoms with Crippen molar-refractivity contribution in [2.24, 2.45) is 0 Å². The van der Waals surface area contributed by atoms with E-state index in [1.165, 1.54) is 35.5 Å². The molecule has 10 heteroatoms. The number of carbonyl (C=O) groups excluding carboxylic acids is 2. The number of amides is 2. The van der Waals surface area contributed by atoms with Crippen molar-refractivity contribution in [3.05, 3.63) is 41.5 Å². The van der Waals surface area contributed by atoms with Crippen LogP contribution in [0.2, 0.25) is 0 Å². The molecule has 2 aliphatic rings. The van der Waals surface area contributed by atoms with E-state index in [9.17, 15) is 9.59 Å². The zero-order valence-electron chi connectivity index (χ0n) is 20.7. The van der Waals surface area contributed by atoms with Crippen LogP contribution in [0, 0.1) is 0 Å². The highest BCUT2D eigenvalue weighted by Crippen LogP contribution is 2.56. The smallest absolute Gasteiger partial charge is 0.295 e. The van der Waals surface area contributed by atoms with E-state index in [1.807, 2.05) is 0 Å². The van der Waals surface area contributed by atoms with Gasteiger partial charge in [-0.2, -0.15) is 0 Å². The number of alkyl halides is 1. The topological polar surface area (TPSA) is 95.1 Å². The summed E-state index contributed by atoms with van der Waals surface area (Å²) in [6.45, 7) is -0.0610. The molecule has 0 radical (unpaired) electrons. The van der Waals surface area contributed by atoms with Crippen LogP contribution in [0.5, 0.6) is 23.0 Å². The van der Waals surface area contributed by atoms with E-state index in [1.54, 1.807) is 37.4 Å². The number of halogens is 1. The molecule has 1 saturated heterocycles. The summed E-state index contributed by atoms with van der Waals surface area (Å²) in [5.41, 5.74) is -0.0310. The second kappa shape index (κ2) is 8.92. The third-order valence-electron chi connectivity index (χ3n) is 7.35. The first-order chi connectivity index (χ1) is 16.7. The van der Waals surface area contributed by atoms with Crippen molar-refractivity contribution >= 4 is 17.5 Å². The molecule has 2 N–H and O–H groups in total. The number of likely N-dealkylation sites (tertiary alicyclic amines) is 1. The first-order valence-electron chi connectivity index (χ1n) is 11.2. The molecule has 2 aliphatic heterocycles. The minimum absolute atomic E-state index is 0.0215. The lowest BCUT2D eigenvalue weighted by Crippen LogP contribution is -2.68. The van der Waals surface area contributed by atoms with Gasteiger partial charge in [0.1, 0.15) is 18.0 Å². The number of quaternary nitrogens is 1. The minimum Gasteiger partial charge on any atom is -0.497 e. The molecule has 2 aromatic rings. The molecule has 0 spiro atoms. The van der Waals surface area contributed by atoms with Crippen LogP contribution in [0.25, 0.3) is 0 Å². The number of methoxy groups -OCH3 is 4. The Morgan fingerprint density at radius 3 is 2.29 bits per heavy atom. The molecule has 35 heavy (non-hydrogen) atoms. The van der Waals surface area contributed by atoms with Gasteiger partial charge in [-0.1, -0.05) is 0 Å². The lowest BCUT2D eigenvalue weighted by atomic mass is 9.78. The number of rotatable bonds is 7. The molecular weight excluding hydrogens is 457 g/mol. The van der Waals surface area contributed by atoms with Crippen LogP contribution >= 0.6 is 0 Å². The van der Waals surface area contributed by atoms with Crippen molar-refractivity contribution in [3.8, 4) is 23.0 Å². The van der Waals surface area contributed by atoms with Crippen molar-refractivity contribution in [1.82, 2.24) is 5.32 Å².